The highest BCUT2D eigenvalue weighted by atomic mass is 79.9. The minimum Gasteiger partial charge on any atom is -0.497 e. The van der Waals surface area contributed by atoms with E-state index < -0.39 is 16.4 Å². The lowest BCUT2D eigenvalue weighted by Gasteiger charge is -2.04. The highest BCUT2D eigenvalue weighted by Crippen LogP contribution is 2.39. The lowest BCUT2D eigenvalue weighted by atomic mass is 10.2. The zero-order chi connectivity index (χ0) is 18.0. The van der Waals surface area contributed by atoms with E-state index in [4.69, 9.17) is 9.15 Å². The van der Waals surface area contributed by atoms with Crippen LogP contribution in [0.4, 0.5) is 10.1 Å². The molecule has 0 aliphatic rings. The summed E-state index contributed by atoms with van der Waals surface area (Å²) in [7, 11) is 1.34. The molecule has 3 aromatic rings. The van der Waals surface area contributed by atoms with Crippen molar-refractivity contribution in [3.8, 4) is 17.2 Å². The summed E-state index contributed by atoms with van der Waals surface area (Å²) in [5.74, 6) is -0.616. The molecule has 0 unspecified atom stereocenters. The Balaban J connectivity index is 1.97. The molecule has 0 saturated carbocycles. The number of ether oxygens (including phenoxy) is 1. The van der Waals surface area contributed by atoms with Gasteiger partial charge in [0, 0.05) is 16.6 Å². The van der Waals surface area contributed by atoms with E-state index in [0.29, 0.717) is 5.56 Å². The molecule has 0 aliphatic carbocycles. The zero-order valence-electron chi connectivity index (χ0n) is 12.6. The van der Waals surface area contributed by atoms with E-state index in [1.54, 1.807) is 12.1 Å². The van der Waals surface area contributed by atoms with Crippen LogP contribution in [0.15, 0.2) is 55.4 Å². The lowest BCUT2D eigenvalue weighted by molar-refractivity contribution is -0.390. The standard InChI is InChI=1S/C15H9BrFN3O4S/c1-23-8-6-11(17)13(20(21)22)12(7-8)25-15-19-18-14(24-15)9-4-2-3-5-10(9)16/h2-7H,1H3. The van der Waals surface area contributed by atoms with Crippen molar-refractivity contribution in [2.75, 3.05) is 7.11 Å². The molecular weight excluding hydrogens is 417 g/mol. The molecule has 1 heterocycles. The fourth-order valence-corrected chi connectivity index (χ4v) is 3.30. The summed E-state index contributed by atoms with van der Waals surface area (Å²) in [5, 5.41) is 19.0. The Bertz CT molecular complexity index is 950. The number of nitro groups is 1. The first-order chi connectivity index (χ1) is 12.0. The highest BCUT2D eigenvalue weighted by Gasteiger charge is 2.25. The summed E-state index contributed by atoms with van der Waals surface area (Å²) in [6.07, 6.45) is 0. The van der Waals surface area contributed by atoms with E-state index in [1.807, 2.05) is 12.1 Å². The highest BCUT2D eigenvalue weighted by molar-refractivity contribution is 9.10. The summed E-state index contributed by atoms with van der Waals surface area (Å²) < 4.78 is 25.2. The molecule has 0 aliphatic heterocycles. The van der Waals surface area contributed by atoms with Gasteiger partial charge in [0.05, 0.1) is 17.6 Å². The molecule has 0 N–H and O–H groups in total. The Morgan fingerprint density at radius 1 is 1.32 bits per heavy atom. The first-order valence-corrected chi connectivity index (χ1v) is 8.38. The summed E-state index contributed by atoms with van der Waals surface area (Å²) in [6, 6.07) is 9.52. The zero-order valence-corrected chi connectivity index (χ0v) is 15.0. The van der Waals surface area contributed by atoms with Crippen molar-refractivity contribution in [2.45, 2.75) is 10.1 Å². The quantitative estimate of drug-likeness (QED) is 0.431. The summed E-state index contributed by atoms with van der Waals surface area (Å²) in [5.41, 5.74) is -0.000357. The van der Waals surface area contributed by atoms with Crippen LogP contribution in [0.3, 0.4) is 0 Å². The minimum atomic E-state index is -1.00. The number of nitrogens with zero attached hydrogens (tertiary/aromatic N) is 3. The van der Waals surface area contributed by atoms with Crippen LogP contribution in [0.5, 0.6) is 5.75 Å². The summed E-state index contributed by atoms with van der Waals surface area (Å²) in [6.45, 7) is 0. The minimum absolute atomic E-state index is 0.00387. The maximum Gasteiger partial charge on any atom is 0.319 e. The Morgan fingerprint density at radius 2 is 2.08 bits per heavy atom. The van der Waals surface area contributed by atoms with Crippen LogP contribution in [-0.2, 0) is 0 Å². The van der Waals surface area contributed by atoms with Gasteiger partial charge in [0.1, 0.15) is 10.6 Å². The van der Waals surface area contributed by atoms with E-state index in [-0.39, 0.29) is 21.8 Å². The molecule has 0 spiro atoms. The van der Waals surface area contributed by atoms with Crippen molar-refractivity contribution in [3.63, 3.8) is 0 Å². The largest absolute Gasteiger partial charge is 0.497 e. The molecule has 0 radical (unpaired) electrons. The number of halogens is 2. The van der Waals surface area contributed by atoms with Crippen LogP contribution >= 0.6 is 27.7 Å². The molecule has 0 atom stereocenters. The van der Waals surface area contributed by atoms with Gasteiger partial charge >= 0.3 is 5.69 Å². The van der Waals surface area contributed by atoms with Gasteiger partial charge in [-0.3, -0.25) is 10.1 Å². The molecule has 128 valence electrons. The Kier molecular flexibility index (Phi) is 5.00. The van der Waals surface area contributed by atoms with Gasteiger partial charge in [-0.25, -0.2) is 0 Å². The number of hydrogen-bond acceptors (Lipinski definition) is 7. The number of nitro benzene ring substituents is 1. The predicted molar refractivity (Wildman–Crippen MR) is 91.2 cm³/mol. The summed E-state index contributed by atoms with van der Waals surface area (Å²) in [4.78, 5) is 10.3. The number of benzene rings is 2. The van der Waals surface area contributed by atoms with Gasteiger partial charge in [0.25, 0.3) is 5.22 Å². The fraction of sp³-hybridized carbons (Fsp3) is 0.0667. The van der Waals surface area contributed by atoms with E-state index in [9.17, 15) is 14.5 Å². The molecule has 0 fully saturated rings. The van der Waals surface area contributed by atoms with Crippen LogP contribution in [0, 0.1) is 15.9 Å². The maximum atomic E-state index is 14.0. The molecule has 7 nitrogen and oxygen atoms in total. The first-order valence-electron chi connectivity index (χ1n) is 6.77. The molecule has 1 aromatic heterocycles. The predicted octanol–water partition coefficient (Wildman–Crippen LogP) is 4.71. The third-order valence-corrected chi connectivity index (χ3v) is 4.69. The Labute approximate surface area is 153 Å². The van der Waals surface area contributed by atoms with E-state index in [2.05, 4.69) is 26.1 Å². The van der Waals surface area contributed by atoms with E-state index >= 15 is 0 Å². The van der Waals surface area contributed by atoms with Crippen molar-refractivity contribution in [1.82, 2.24) is 10.2 Å². The second kappa shape index (κ2) is 7.19. The van der Waals surface area contributed by atoms with E-state index in [1.165, 1.54) is 13.2 Å². The van der Waals surface area contributed by atoms with E-state index in [0.717, 1.165) is 22.3 Å². The first kappa shape index (κ1) is 17.4. The van der Waals surface area contributed by atoms with Crippen molar-refractivity contribution in [1.29, 1.82) is 0 Å². The average Bonchev–Trinajstić information content (AvgIpc) is 3.02. The number of methoxy groups -OCH3 is 1. The molecule has 0 amide bonds. The van der Waals surface area contributed by atoms with Crippen molar-refractivity contribution in [2.24, 2.45) is 0 Å². The molecule has 25 heavy (non-hydrogen) atoms. The molecule has 0 saturated heterocycles. The van der Waals surface area contributed by atoms with Crippen molar-refractivity contribution >= 4 is 33.4 Å². The van der Waals surface area contributed by atoms with Gasteiger partial charge in [-0.05, 0) is 39.8 Å². The SMILES string of the molecule is COc1cc(F)c([N+](=O)[O-])c(Sc2nnc(-c3ccccc3Br)o2)c1. The number of rotatable bonds is 5. The lowest BCUT2D eigenvalue weighted by Crippen LogP contribution is -1.96. The second-order valence-electron chi connectivity index (χ2n) is 4.67. The Hall–Kier alpha value is -2.46. The maximum absolute atomic E-state index is 14.0. The van der Waals surface area contributed by atoms with Gasteiger partial charge in [-0.15, -0.1) is 10.2 Å². The van der Waals surface area contributed by atoms with Crippen LogP contribution in [0.1, 0.15) is 0 Å². The normalized spacial score (nSPS) is 10.7. The molecule has 0 bridgehead atoms. The Morgan fingerprint density at radius 3 is 2.76 bits per heavy atom. The fourth-order valence-electron chi connectivity index (χ4n) is 2.01. The van der Waals surface area contributed by atoms with Crippen molar-refractivity contribution < 1.29 is 18.5 Å². The van der Waals surface area contributed by atoms with Crippen LogP contribution in [0.25, 0.3) is 11.5 Å². The smallest absolute Gasteiger partial charge is 0.319 e. The van der Waals surface area contributed by atoms with Gasteiger partial charge in [0.2, 0.25) is 11.7 Å². The number of aromatic nitrogens is 2. The van der Waals surface area contributed by atoms with Crippen LogP contribution in [-0.4, -0.2) is 22.2 Å². The second-order valence-corrected chi connectivity index (χ2v) is 6.52. The average molecular weight is 426 g/mol. The van der Waals surface area contributed by atoms with Gasteiger partial charge in [0.15, 0.2) is 0 Å². The van der Waals surface area contributed by atoms with Crippen LogP contribution < -0.4 is 4.74 Å². The van der Waals surface area contributed by atoms with Gasteiger partial charge in [-0.1, -0.05) is 12.1 Å². The molecular formula is C15H9BrFN3O4S. The molecule has 10 heteroatoms. The monoisotopic (exact) mass is 425 g/mol. The third-order valence-electron chi connectivity index (χ3n) is 3.13. The third kappa shape index (κ3) is 3.64. The van der Waals surface area contributed by atoms with Gasteiger partial charge < -0.3 is 9.15 Å². The summed E-state index contributed by atoms with van der Waals surface area (Å²) >= 11 is 4.17. The van der Waals surface area contributed by atoms with Gasteiger partial charge in [-0.2, -0.15) is 4.39 Å². The topological polar surface area (TPSA) is 91.3 Å². The number of hydrogen-bond donors (Lipinski definition) is 0. The molecule has 2 aromatic carbocycles. The van der Waals surface area contributed by atoms with Crippen molar-refractivity contribution in [3.05, 3.63) is 56.8 Å². The van der Waals surface area contributed by atoms with Crippen LogP contribution in [0.2, 0.25) is 0 Å². The molecule has 3 rings (SSSR count).